The van der Waals surface area contributed by atoms with Crippen molar-refractivity contribution in [2.24, 2.45) is 0 Å². The van der Waals surface area contributed by atoms with Gasteiger partial charge >= 0.3 is 0 Å². The van der Waals surface area contributed by atoms with Gasteiger partial charge < -0.3 is 0 Å². The maximum absolute atomic E-state index is 13.7. The molecule has 3 aromatic rings. The second-order valence-electron chi connectivity index (χ2n) is 6.53. The first kappa shape index (κ1) is 18.2. The number of benzene rings is 2. The van der Waals surface area contributed by atoms with E-state index in [1.807, 2.05) is 36.1 Å². The van der Waals surface area contributed by atoms with Crippen molar-refractivity contribution in [3.8, 4) is 0 Å². The largest absolute Gasteiger partial charge is 0.280 e. The molecule has 0 radical (unpaired) electrons. The summed E-state index contributed by atoms with van der Waals surface area (Å²) in [6, 6.07) is 16.5. The number of hydrogen-bond acceptors (Lipinski definition) is 5. The van der Waals surface area contributed by atoms with Crippen molar-refractivity contribution in [3.05, 3.63) is 64.7 Å². The minimum absolute atomic E-state index is 0.108. The third-order valence-electron chi connectivity index (χ3n) is 4.75. The van der Waals surface area contributed by atoms with Crippen LogP contribution in [-0.2, 0) is 17.6 Å². The molecule has 2 aromatic carbocycles. The molecule has 27 heavy (non-hydrogen) atoms. The minimum atomic E-state index is -0.198. The Morgan fingerprint density at radius 1 is 1.07 bits per heavy atom. The highest BCUT2D eigenvalue weighted by atomic mass is 32.2. The summed E-state index contributed by atoms with van der Waals surface area (Å²) in [4.78, 5) is 15.6. The van der Waals surface area contributed by atoms with E-state index in [0.29, 0.717) is 0 Å². The molecule has 0 saturated carbocycles. The lowest BCUT2D eigenvalue weighted by Crippen LogP contribution is -2.34. The van der Waals surface area contributed by atoms with Crippen molar-refractivity contribution in [2.75, 3.05) is 4.90 Å². The first-order valence-electron chi connectivity index (χ1n) is 9.14. The summed E-state index contributed by atoms with van der Waals surface area (Å²) in [7, 11) is 0. The van der Waals surface area contributed by atoms with E-state index in [1.165, 1.54) is 22.9 Å². The molecule has 1 aromatic heterocycles. The lowest BCUT2D eigenvalue weighted by molar-refractivity contribution is -0.117. The molecule has 2 heterocycles. The maximum atomic E-state index is 13.7. The zero-order valence-electron chi connectivity index (χ0n) is 15.4. The first-order valence-corrected chi connectivity index (χ1v) is 10.8. The van der Waals surface area contributed by atoms with Crippen LogP contribution in [0.15, 0.2) is 52.9 Å². The molecule has 1 amide bonds. The van der Waals surface area contributed by atoms with Crippen LogP contribution in [0.25, 0.3) is 0 Å². The quantitative estimate of drug-likeness (QED) is 0.571. The van der Waals surface area contributed by atoms with Gasteiger partial charge in [-0.15, -0.1) is 10.2 Å². The van der Waals surface area contributed by atoms with Crippen LogP contribution < -0.4 is 4.90 Å². The SMILES string of the molecule is CCC(Sc1nnc(C)s1)C(=O)N1c2ccccc2CCc2ccccc21. The van der Waals surface area contributed by atoms with E-state index < -0.39 is 0 Å². The summed E-state index contributed by atoms with van der Waals surface area (Å²) in [5.74, 6) is 0.108. The lowest BCUT2D eigenvalue weighted by atomic mass is 10.0. The van der Waals surface area contributed by atoms with E-state index in [-0.39, 0.29) is 11.2 Å². The number of anilines is 2. The lowest BCUT2D eigenvalue weighted by Gasteiger charge is -2.28. The molecule has 1 atom stereocenters. The van der Waals surface area contributed by atoms with Gasteiger partial charge in [-0.05, 0) is 49.4 Å². The van der Waals surface area contributed by atoms with Gasteiger partial charge in [-0.2, -0.15) is 0 Å². The predicted octanol–water partition coefficient (Wildman–Crippen LogP) is 5.18. The fraction of sp³-hybridized carbons (Fsp3) is 0.286. The van der Waals surface area contributed by atoms with Crippen molar-refractivity contribution in [2.45, 2.75) is 42.7 Å². The monoisotopic (exact) mass is 395 g/mol. The van der Waals surface area contributed by atoms with Gasteiger partial charge in [0.15, 0.2) is 4.34 Å². The molecule has 1 aliphatic rings. The normalized spacial score (nSPS) is 14.2. The Morgan fingerprint density at radius 3 is 2.19 bits per heavy atom. The molecule has 6 heteroatoms. The fourth-order valence-electron chi connectivity index (χ4n) is 3.42. The molecule has 0 fully saturated rings. The Kier molecular flexibility index (Phi) is 5.27. The third-order valence-corrected chi connectivity index (χ3v) is 7.02. The highest BCUT2D eigenvalue weighted by Gasteiger charge is 2.31. The van der Waals surface area contributed by atoms with Crippen LogP contribution in [-0.4, -0.2) is 21.4 Å². The van der Waals surface area contributed by atoms with Crippen molar-refractivity contribution in [3.63, 3.8) is 0 Å². The van der Waals surface area contributed by atoms with E-state index in [1.54, 1.807) is 11.3 Å². The van der Waals surface area contributed by atoms with Crippen LogP contribution in [0.1, 0.15) is 29.5 Å². The van der Waals surface area contributed by atoms with E-state index in [9.17, 15) is 4.79 Å². The topological polar surface area (TPSA) is 46.1 Å². The van der Waals surface area contributed by atoms with Crippen molar-refractivity contribution in [1.82, 2.24) is 10.2 Å². The predicted molar refractivity (Wildman–Crippen MR) is 112 cm³/mol. The van der Waals surface area contributed by atoms with E-state index >= 15 is 0 Å². The van der Waals surface area contributed by atoms with Gasteiger partial charge in [-0.25, -0.2) is 0 Å². The Morgan fingerprint density at radius 2 is 1.67 bits per heavy atom. The number of para-hydroxylation sites is 2. The molecule has 1 aliphatic heterocycles. The minimum Gasteiger partial charge on any atom is -0.280 e. The zero-order valence-corrected chi connectivity index (χ0v) is 17.0. The smallest absolute Gasteiger partial charge is 0.245 e. The first-order chi connectivity index (χ1) is 13.2. The van der Waals surface area contributed by atoms with Crippen LogP contribution in [0, 0.1) is 6.92 Å². The fourth-order valence-corrected chi connectivity index (χ4v) is 5.44. The average molecular weight is 396 g/mol. The number of carbonyl (C=O) groups is 1. The molecular weight excluding hydrogens is 374 g/mol. The summed E-state index contributed by atoms with van der Waals surface area (Å²) < 4.78 is 0.851. The number of hydrogen-bond donors (Lipinski definition) is 0. The van der Waals surface area contributed by atoms with Gasteiger partial charge in [0.25, 0.3) is 0 Å². The molecule has 0 aliphatic carbocycles. The van der Waals surface area contributed by atoms with E-state index in [0.717, 1.165) is 40.0 Å². The van der Waals surface area contributed by atoms with Gasteiger partial charge in [-0.1, -0.05) is 66.4 Å². The number of nitrogens with zero attached hydrogens (tertiary/aromatic N) is 3. The number of thioether (sulfide) groups is 1. The van der Waals surface area contributed by atoms with E-state index in [2.05, 4.69) is 41.4 Å². The highest BCUT2D eigenvalue weighted by Crippen LogP contribution is 2.39. The summed E-state index contributed by atoms with van der Waals surface area (Å²) in [5.41, 5.74) is 4.43. The molecular formula is C21H21N3OS2. The number of aromatic nitrogens is 2. The van der Waals surface area contributed by atoms with Gasteiger partial charge in [-0.3, -0.25) is 9.69 Å². The summed E-state index contributed by atoms with van der Waals surface area (Å²) >= 11 is 3.06. The standard InChI is InChI=1S/C21H21N3OS2/c1-3-19(27-21-23-22-14(2)26-21)20(25)24-17-10-6-4-8-15(17)12-13-16-9-5-7-11-18(16)24/h4-11,19H,3,12-13H2,1-2H3. The van der Waals surface area contributed by atoms with Crippen LogP contribution in [0.2, 0.25) is 0 Å². The molecule has 138 valence electrons. The Bertz CT molecular complexity index is 922. The second-order valence-corrected chi connectivity index (χ2v) is 9.16. The second kappa shape index (κ2) is 7.82. The van der Waals surface area contributed by atoms with Crippen LogP contribution in [0.4, 0.5) is 11.4 Å². The number of fused-ring (bicyclic) bond motifs is 2. The Hall–Kier alpha value is -2.18. The van der Waals surface area contributed by atoms with Gasteiger partial charge in [0.1, 0.15) is 5.01 Å². The number of rotatable bonds is 4. The zero-order chi connectivity index (χ0) is 18.8. The van der Waals surface area contributed by atoms with Gasteiger partial charge in [0, 0.05) is 0 Å². The van der Waals surface area contributed by atoms with Crippen LogP contribution in [0.3, 0.4) is 0 Å². The average Bonchev–Trinajstić information content (AvgIpc) is 3.02. The number of aryl methyl sites for hydroxylation is 3. The molecule has 4 rings (SSSR count). The third kappa shape index (κ3) is 3.64. The molecule has 4 nitrogen and oxygen atoms in total. The number of amides is 1. The van der Waals surface area contributed by atoms with Crippen molar-refractivity contribution in [1.29, 1.82) is 0 Å². The van der Waals surface area contributed by atoms with Gasteiger partial charge in [0.05, 0.1) is 16.6 Å². The molecule has 0 spiro atoms. The highest BCUT2D eigenvalue weighted by molar-refractivity contribution is 8.02. The summed E-state index contributed by atoms with van der Waals surface area (Å²) in [6.45, 7) is 3.99. The number of carbonyl (C=O) groups excluding carboxylic acids is 1. The van der Waals surface area contributed by atoms with E-state index in [4.69, 9.17) is 0 Å². The molecule has 0 saturated heterocycles. The summed E-state index contributed by atoms with van der Waals surface area (Å²) in [5, 5.41) is 9.01. The summed E-state index contributed by atoms with van der Waals surface area (Å²) in [6.07, 6.45) is 2.62. The Balaban J connectivity index is 1.75. The van der Waals surface area contributed by atoms with Crippen LogP contribution >= 0.6 is 23.1 Å². The molecule has 0 N–H and O–H groups in total. The van der Waals surface area contributed by atoms with Crippen molar-refractivity contribution >= 4 is 40.4 Å². The van der Waals surface area contributed by atoms with Crippen molar-refractivity contribution < 1.29 is 4.79 Å². The molecule has 1 unspecified atom stereocenters. The molecule has 0 bridgehead atoms. The van der Waals surface area contributed by atoms with Crippen LogP contribution in [0.5, 0.6) is 0 Å². The van der Waals surface area contributed by atoms with Gasteiger partial charge in [0.2, 0.25) is 5.91 Å². The Labute approximate surface area is 167 Å². The maximum Gasteiger partial charge on any atom is 0.245 e.